The maximum atomic E-state index is 5.56. The fourth-order valence-corrected chi connectivity index (χ4v) is 1.34. The highest BCUT2D eigenvalue weighted by molar-refractivity contribution is 5.28. The van der Waals surface area contributed by atoms with Gasteiger partial charge in [-0.25, -0.2) is 4.98 Å². The van der Waals surface area contributed by atoms with Crippen LogP contribution in [0.2, 0.25) is 0 Å². The van der Waals surface area contributed by atoms with Gasteiger partial charge in [-0.15, -0.1) is 0 Å². The van der Waals surface area contributed by atoms with E-state index in [9.17, 15) is 0 Å². The summed E-state index contributed by atoms with van der Waals surface area (Å²) in [4.78, 5) is 4.13. The Morgan fingerprint density at radius 3 is 2.21 bits per heavy atom. The smallest absolute Gasteiger partial charge is 0.123 e. The van der Waals surface area contributed by atoms with Crippen molar-refractivity contribution in [1.29, 1.82) is 0 Å². The van der Waals surface area contributed by atoms with E-state index in [2.05, 4.69) is 4.98 Å². The van der Waals surface area contributed by atoms with Gasteiger partial charge in [-0.3, -0.25) is 0 Å². The maximum Gasteiger partial charge on any atom is 0.123 e. The summed E-state index contributed by atoms with van der Waals surface area (Å²) in [5, 5.41) is 0. The third kappa shape index (κ3) is 8.50. The van der Waals surface area contributed by atoms with Gasteiger partial charge in [0.05, 0.1) is 51.9 Å². The normalized spacial score (nSPS) is 10.8. The summed E-state index contributed by atoms with van der Waals surface area (Å²) >= 11 is 0. The Hall–Kier alpha value is -1.21. The average molecular weight is 270 g/mol. The molecule has 1 aromatic rings. The fraction of sp³-hybridized carbons (Fsp3) is 0.615. The lowest BCUT2D eigenvalue weighted by Gasteiger charge is -2.06. The molecule has 0 atom stereocenters. The number of nitrogen functional groups attached to an aromatic ring is 1. The third-order valence-corrected chi connectivity index (χ3v) is 2.25. The molecule has 19 heavy (non-hydrogen) atoms. The van der Waals surface area contributed by atoms with Crippen LogP contribution in [0.25, 0.3) is 0 Å². The molecule has 6 nitrogen and oxygen atoms in total. The van der Waals surface area contributed by atoms with E-state index in [-0.39, 0.29) is 0 Å². The molecular weight excluding hydrogens is 248 g/mol. The molecule has 0 aliphatic heterocycles. The second-order valence-corrected chi connectivity index (χ2v) is 3.82. The van der Waals surface area contributed by atoms with E-state index in [1.54, 1.807) is 13.2 Å². The Morgan fingerprint density at radius 1 is 0.947 bits per heavy atom. The van der Waals surface area contributed by atoms with E-state index < -0.39 is 0 Å². The van der Waals surface area contributed by atoms with Gasteiger partial charge in [0, 0.05) is 7.11 Å². The molecule has 6 heteroatoms. The Labute approximate surface area is 113 Å². The quantitative estimate of drug-likeness (QED) is 0.601. The molecule has 1 heterocycles. The molecule has 0 saturated heterocycles. The zero-order valence-electron chi connectivity index (χ0n) is 11.3. The van der Waals surface area contributed by atoms with Crippen LogP contribution >= 0.6 is 0 Å². The van der Waals surface area contributed by atoms with Crippen molar-refractivity contribution in [2.24, 2.45) is 0 Å². The summed E-state index contributed by atoms with van der Waals surface area (Å²) in [6.07, 6.45) is 0. The van der Waals surface area contributed by atoms with Crippen molar-refractivity contribution in [3.05, 3.63) is 23.9 Å². The van der Waals surface area contributed by atoms with Gasteiger partial charge in [-0.1, -0.05) is 6.07 Å². The summed E-state index contributed by atoms with van der Waals surface area (Å²) in [5.74, 6) is 0.505. The minimum absolute atomic E-state index is 0.443. The van der Waals surface area contributed by atoms with Crippen LogP contribution in [0.15, 0.2) is 18.2 Å². The minimum atomic E-state index is 0.443. The summed E-state index contributed by atoms with van der Waals surface area (Å²) < 4.78 is 20.9. The second kappa shape index (κ2) is 10.7. The Bertz CT molecular complexity index is 336. The molecule has 2 N–H and O–H groups in total. The van der Waals surface area contributed by atoms with Gasteiger partial charge >= 0.3 is 0 Å². The van der Waals surface area contributed by atoms with Crippen molar-refractivity contribution in [1.82, 2.24) is 4.98 Å². The van der Waals surface area contributed by atoms with E-state index in [1.165, 1.54) is 0 Å². The number of rotatable bonds is 11. The number of nitrogens with zero attached hydrogens (tertiary/aromatic N) is 1. The van der Waals surface area contributed by atoms with E-state index in [1.807, 2.05) is 12.1 Å². The van der Waals surface area contributed by atoms with E-state index >= 15 is 0 Å². The van der Waals surface area contributed by atoms with Crippen LogP contribution in [0.3, 0.4) is 0 Å². The molecule has 0 amide bonds. The van der Waals surface area contributed by atoms with Crippen molar-refractivity contribution in [3.8, 4) is 0 Å². The molecule has 0 aromatic carbocycles. The molecule has 0 fully saturated rings. The van der Waals surface area contributed by atoms with Gasteiger partial charge in [-0.05, 0) is 12.1 Å². The number of hydrogen-bond acceptors (Lipinski definition) is 6. The molecule has 1 aromatic heterocycles. The SMILES string of the molecule is COCCOCCOCCOCc1cccc(N)n1. The van der Waals surface area contributed by atoms with E-state index in [4.69, 9.17) is 24.7 Å². The number of nitrogens with two attached hydrogens (primary N) is 1. The first kappa shape index (κ1) is 15.8. The van der Waals surface area contributed by atoms with Gasteiger partial charge in [-0.2, -0.15) is 0 Å². The summed E-state index contributed by atoms with van der Waals surface area (Å²) in [5.41, 5.74) is 6.39. The van der Waals surface area contributed by atoms with Crippen molar-refractivity contribution in [2.75, 3.05) is 52.5 Å². The number of methoxy groups -OCH3 is 1. The van der Waals surface area contributed by atoms with Crippen molar-refractivity contribution < 1.29 is 18.9 Å². The Balaban J connectivity index is 1.89. The second-order valence-electron chi connectivity index (χ2n) is 3.82. The predicted molar refractivity (Wildman–Crippen MR) is 71.8 cm³/mol. The first-order chi connectivity index (χ1) is 9.33. The summed E-state index contributed by atoms with van der Waals surface area (Å²) in [7, 11) is 1.65. The van der Waals surface area contributed by atoms with Crippen LogP contribution < -0.4 is 5.73 Å². The molecule has 0 bridgehead atoms. The molecule has 0 spiro atoms. The fourth-order valence-electron chi connectivity index (χ4n) is 1.34. The van der Waals surface area contributed by atoms with Crippen molar-refractivity contribution in [2.45, 2.75) is 6.61 Å². The van der Waals surface area contributed by atoms with Gasteiger partial charge in [0.25, 0.3) is 0 Å². The van der Waals surface area contributed by atoms with Crippen molar-refractivity contribution in [3.63, 3.8) is 0 Å². The molecule has 1 rings (SSSR count). The largest absolute Gasteiger partial charge is 0.384 e. The lowest BCUT2D eigenvalue weighted by atomic mass is 10.3. The number of hydrogen-bond donors (Lipinski definition) is 1. The number of ether oxygens (including phenoxy) is 4. The van der Waals surface area contributed by atoms with Crippen LogP contribution in [-0.4, -0.2) is 51.7 Å². The molecular formula is C13H22N2O4. The summed E-state index contributed by atoms with van der Waals surface area (Å²) in [6.45, 7) is 3.83. The van der Waals surface area contributed by atoms with Crippen LogP contribution in [-0.2, 0) is 25.6 Å². The third-order valence-electron chi connectivity index (χ3n) is 2.25. The van der Waals surface area contributed by atoms with Gasteiger partial charge in [0.2, 0.25) is 0 Å². The molecule has 0 unspecified atom stereocenters. The lowest BCUT2D eigenvalue weighted by Crippen LogP contribution is -2.11. The molecule has 0 aliphatic carbocycles. The highest BCUT2D eigenvalue weighted by Gasteiger charge is 1.96. The maximum absolute atomic E-state index is 5.56. The van der Waals surface area contributed by atoms with Gasteiger partial charge < -0.3 is 24.7 Å². The number of anilines is 1. The topological polar surface area (TPSA) is 75.8 Å². The first-order valence-corrected chi connectivity index (χ1v) is 6.26. The first-order valence-electron chi connectivity index (χ1n) is 6.26. The summed E-state index contributed by atoms with van der Waals surface area (Å²) in [6, 6.07) is 5.48. The monoisotopic (exact) mass is 270 g/mol. The van der Waals surface area contributed by atoms with Crippen LogP contribution in [0, 0.1) is 0 Å². The zero-order chi connectivity index (χ0) is 13.8. The van der Waals surface area contributed by atoms with Gasteiger partial charge in [0.1, 0.15) is 5.82 Å². The van der Waals surface area contributed by atoms with Crippen LogP contribution in [0.1, 0.15) is 5.69 Å². The van der Waals surface area contributed by atoms with Crippen LogP contribution in [0.5, 0.6) is 0 Å². The Kier molecular flexibility index (Phi) is 8.91. The molecule has 0 saturated carbocycles. The highest BCUT2D eigenvalue weighted by Crippen LogP contribution is 2.01. The van der Waals surface area contributed by atoms with Gasteiger partial charge in [0.15, 0.2) is 0 Å². The van der Waals surface area contributed by atoms with Crippen molar-refractivity contribution >= 4 is 5.82 Å². The molecule has 0 aliphatic rings. The Morgan fingerprint density at radius 2 is 1.58 bits per heavy atom. The highest BCUT2D eigenvalue weighted by atomic mass is 16.6. The molecule has 0 radical (unpaired) electrons. The van der Waals surface area contributed by atoms with Crippen LogP contribution in [0.4, 0.5) is 5.82 Å². The van der Waals surface area contributed by atoms with E-state index in [0.717, 1.165) is 5.69 Å². The average Bonchev–Trinajstić information content (AvgIpc) is 2.41. The standard InChI is InChI=1S/C13H22N2O4/c1-16-5-6-17-7-8-18-9-10-19-11-12-3-2-4-13(14)15-12/h2-4H,5-11H2,1H3,(H2,14,15). The predicted octanol–water partition coefficient (Wildman–Crippen LogP) is 0.860. The minimum Gasteiger partial charge on any atom is -0.384 e. The van der Waals surface area contributed by atoms with E-state index in [0.29, 0.717) is 52.1 Å². The number of pyridine rings is 1. The molecule has 108 valence electrons. The number of aromatic nitrogens is 1. The lowest BCUT2D eigenvalue weighted by molar-refractivity contribution is 0.000482. The zero-order valence-corrected chi connectivity index (χ0v) is 11.3.